The summed E-state index contributed by atoms with van der Waals surface area (Å²) in [5.74, 6) is 0. The number of hydrogen-bond acceptors (Lipinski definition) is 2. The van der Waals surface area contributed by atoms with Crippen molar-refractivity contribution in [1.82, 2.24) is 4.57 Å². The molecular weight excluding hydrogens is 741 g/mol. The van der Waals surface area contributed by atoms with Gasteiger partial charge < -0.3 is 13.9 Å². The molecule has 3 nitrogen and oxygen atoms in total. The van der Waals surface area contributed by atoms with Crippen LogP contribution < -0.4 is 4.90 Å². The van der Waals surface area contributed by atoms with Crippen LogP contribution in [0, 0.1) is 0 Å². The molecule has 0 aliphatic rings. The quantitative estimate of drug-likeness (QED) is 0.160. The molecule has 0 saturated heterocycles. The highest BCUT2D eigenvalue weighted by Crippen LogP contribution is 2.48. The molecule has 0 saturated carbocycles. The average Bonchev–Trinajstić information content (AvgIpc) is 1.62. The van der Waals surface area contributed by atoms with E-state index in [0.717, 1.165) is 0 Å². The van der Waals surface area contributed by atoms with Gasteiger partial charge in [-0.05, 0) is 105 Å². The molecule has 10 aromatic carbocycles. The van der Waals surface area contributed by atoms with E-state index in [4.69, 9.17) is 34.6 Å². The lowest BCUT2D eigenvalue weighted by atomic mass is 9.96. The highest BCUT2D eigenvalue weighted by atomic mass is 16.3. The largest absolute Gasteiger partial charge is 0.455 e. The lowest BCUT2D eigenvalue weighted by Gasteiger charge is -2.28. The standard InChI is InChI=1S/C58H38N2O/c1-2-14-39(15-3-1)40-28-32-44(33-29-40)59(45-34-30-42(31-35-45)48-24-13-17-41-16-4-5-20-47(41)48)55-37-36-52-51-23-8-11-27-56(51)61-58(52)57(55)43-18-12-19-46(38-43)60-53-25-9-6-21-49(53)50-22-7-10-26-54(50)60/h1-38H/i1D,2D,3D,4D,5D,6D,7D,8D,9D,10D,11D,12D,13D,14D,15D,16D,17D,18D,19D,20D,21D,22D,23D,24D,25D,26D,27D,28D,29D,30D,31D,32D,33D,34D,35D,36D,37D,38D. The maximum Gasteiger partial charge on any atom is 0.145 e. The molecule has 0 aliphatic heterocycles. The molecule has 0 bridgehead atoms. The molecule has 0 spiro atoms. The first kappa shape index (κ1) is 13.7. The van der Waals surface area contributed by atoms with Crippen molar-refractivity contribution in [2.24, 2.45) is 0 Å². The zero-order valence-electron chi connectivity index (χ0n) is 68.3. The summed E-state index contributed by atoms with van der Waals surface area (Å²) in [7, 11) is 0. The van der Waals surface area contributed by atoms with Crippen molar-refractivity contribution in [3.8, 4) is 39.1 Å². The molecule has 61 heavy (non-hydrogen) atoms. The molecule has 0 atom stereocenters. The van der Waals surface area contributed by atoms with E-state index in [0.29, 0.717) is 4.57 Å². The van der Waals surface area contributed by atoms with E-state index in [9.17, 15) is 21.9 Å². The summed E-state index contributed by atoms with van der Waals surface area (Å²) in [6, 6.07) is -43.2. The monoisotopic (exact) mass is 817 g/mol. The SMILES string of the molecule is [2H]c1c([2H])c([2H])c(-c2c([2H])c([2H])c(N(c3c([2H])c([2H])c(-c4c([2H])c([2H])c([2H])c5c([2H])c([2H])c([2H])c([2H])c45)c([2H])c3[2H])c3c([2H])c([2H])c4c(oc5c([2H])c([2H])c([2H])c([2H])c54)c3-c3c([2H])c([2H])c([2H])c(-n4c5c([2H])c([2H])c([2H])c([2H])c5c5c([2H])c([2H])c([2H])c([2H])c54)c3[2H])c([2H])c2[2H])c([2H])c1[2H]. The third-order valence-corrected chi connectivity index (χ3v) is 9.43. The Kier molecular flexibility index (Phi) is 3.21. The fraction of sp³-hybridized carbons (Fsp3) is 0. The fourth-order valence-corrected chi connectivity index (χ4v) is 6.82. The maximum absolute atomic E-state index is 10.4. The van der Waals surface area contributed by atoms with Crippen LogP contribution in [0.2, 0.25) is 0 Å². The van der Waals surface area contributed by atoms with Gasteiger partial charge in [0.2, 0.25) is 0 Å². The summed E-state index contributed by atoms with van der Waals surface area (Å²) >= 11 is 0. The first-order chi connectivity index (χ1) is 46.1. The molecule has 0 amide bonds. The Morgan fingerprint density at radius 3 is 1.69 bits per heavy atom. The lowest BCUT2D eigenvalue weighted by molar-refractivity contribution is 0.670. The highest BCUT2D eigenvalue weighted by Gasteiger charge is 2.24. The van der Waals surface area contributed by atoms with Crippen LogP contribution in [0.15, 0.2) is 234 Å². The summed E-state index contributed by atoms with van der Waals surface area (Å²) in [6.07, 6.45) is 0. The Morgan fingerprint density at radius 1 is 0.393 bits per heavy atom. The van der Waals surface area contributed by atoms with Crippen LogP contribution in [0.3, 0.4) is 0 Å². The number of para-hydroxylation sites is 3. The summed E-state index contributed by atoms with van der Waals surface area (Å²) < 4.78 is 357. The van der Waals surface area contributed by atoms with Crippen LogP contribution in [0.4, 0.5) is 17.1 Å². The smallest absolute Gasteiger partial charge is 0.145 e. The molecule has 0 fully saturated rings. The van der Waals surface area contributed by atoms with E-state index in [2.05, 4.69) is 0 Å². The molecule has 0 unspecified atom stereocenters. The molecule has 0 N–H and O–H groups in total. The number of aromatic nitrogens is 1. The van der Waals surface area contributed by atoms with E-state index in [1.807, 2.05) is 0 Å². The first-order valence-corrected chi connectivity index (χ1v) is 17.7. The van der Waals surface area contributed by atoms with Crippen LogP contribution in [0.25, 0.3) is 93.6 Å². The minimum atomic E-state index is -1.47. The van der Waals surface area contributed by atoms with Gasteiger partial charge in [-0.1, -0.05) is 163 Å². The Hall–Kier alpha value is -8.14. The normalized spacial score (nSPS) is 20.3. The maximum atomic E-state index is 10.4. The second-order valence-corrected chi connectivity index (χ2v) is 12.8. The summed E-state index contributed by atoms with van der Waals surface area (Å²) in [5, 5.41) is -4.37. The molecule has 12 rings (SSSR count). The van der Waals surface area contributed by atoms with Gasteiger partial charge in [-0.15, -0.1) is 0 Å². The van der Waals surface area contributed by atoms with Crippen LogP contribution >= 0.6 is 0 Å². The van der Waals surface area contributed by atoms with Gasteiger partial charge in [-0.25, -0.2) is 0 Å². The number of furan rings is 1. The van der Waals surface area contributed by atoms with Gasteiger partial charge in [0.15, 0.2) is 0 Å². The minimum Gasteiger partial charge on any atom is -0.455 e. The van der Waals surface area contributed by atoms with Gasteiger partial charge in [-0.2, -0.15) is 0 Å². The number of rotatable bonds is 7. The number of hydrogen-bond donors (Lipinski definition) is 0. The fourth-order valence-electron chi connectivity index (χ4n) is 6.82. The molecule has 0 aliphatic carbocycles. The van der Waals surface area contributed by atoms with E-state index < -0.39 is 340 Å². The highest BCUT2D eigenvalue weighted by molar-refractivity contribution is 6.14. The van der Waals surface area contributed by atoms with Crippen molar-refractivity contribution in [2.75, 3.05) is 4.90 Å². The van der Waals surface area contributed by atoms with Crippen LogP contribution in [0.1, 0.15) is 52.1 Å². The van der Waals surface area contributed by atoms with Gasteiger partial charge in [0.05, 0.1) is 68.8 Å². The molecule has 0 radical (unpaired) electrons. The Bertz CT molecular complexity index is 5680. The summed E-state index contributed by atoms with van der Waals surface area (Å²) in [4.78, 5) is 0.215. The van der Waals surface area contributed by atoms with Crippen molar-refractivity contribution in [2.45, 2.75) is 0 Å². The Labute approximate surface area is 407 Å². The topological polar surface area (TPSA) is 21.3 Å². The van der Waals surface area contributed by atoms with Gasteiger partial charge in [0, 0.05) is 44.2 Å². The van der Waals surface area contributed by atoms with E-state index in [-0.39, 0.29) is 4.90 Å². The van der Waals surface area contributed by atoms with Gasteiger partial charge >= 0.3 is 0 Å². The van der Waals surface area contributed by atoms with Gasteiger partial charge in [0.1, 0.15) is 11.2 Å². The third kappa shape index (κ3) is 5.82. The van der Waals surface area contributed by atoms with Crippen molar-refractivity contribution in [3.05, 3.63) is 230 Å². The second-order valence-electron chi connectivity index (χ2n) is 12.8. The Morgan fingerprint density at radius 2 is 0.951 bits per heavy atom. The first-order valence-electron chi connectivity index (χ1n) is 36.7. The zero-order chi connectivity index (χ0) is 73.3. The molecule has 2 heterocycles. The lowest BCUT2D eigenvalue weighted by Crippen LogP contribution is -2.11. The van der Waals surface area contributed by atoms with E-state index in [1.165, 1.54) is 0 Å². The molecule has 286 valence electrons. The van der Waals surface area contributed by atoms with Crippen LogP contribution in [-0.2, 0) is 0 Å². The molecule has 12 aromatic rings. The summed E-state index contributed by atoms with van der Waals surface area (Å²) in [6.45, 7) is 0. The Balaban J connectivity index is 1.37. The predicted octanol–water partition coefficient (Wildman–Crippen LogP) is 16.3. The zero-order valence-corrected chi connectivity index (χ0v) is 30.3. The molecule has 2 aromatic heterocycles. The van der Waals surface area contributed by atoms with Crippen LogP contribution in [-0.4, -0.2) is 4.57 Å². The van der Waals surface area contributed by atoms with Crippen molar-refractivity contribution in [1.29, 1.82) is 0 Å². The van der Waals surface area contributed by atoms with E-state index in [1.54, 1.807) is 0 Å². The van der Waals surface area contributed by atoms with Crippen molar-refractivity contribution in [3.63, 3.8) is 0 Å². The number of fused-ring (bicyclic) bond motifs is 7. The molecule has 3 heteroatoms. The summed E-state index contributed by atoms with van der Waals surface area (Å²) in [5.41, 5.74) is -15.1. The van der Waals surface area contributed by atoms with Crippen LogP contribution in [0.5, 0.6) is 0 Å². The van der Waals surface area contributed by atoms with Crippen molar-refractivity contribution < 1.29 is 56.5 Å². The third-order valence-electron chi connectivity index (χ3n) is 9.43. The number of benzene rings is 10. The van der Waals surface area contributed by atoms with Crippen molar-refractivity contribution >= 4 is 71.6 Å². The molecular formula is C58H38N2O. The average molecular weight is 817 g/mol. The predicted molar refractivity (Wildman–Crippen MR) is 257 cm³/mol. The number of anilines is 3. The van der Waals surface area contributed by atoms with E-state index >= 15 is 0 Å². The second kappa shape index (κ2) is 14.3. The number of nitrogens with zero attached hydrogens (tertiary/aromatic N) is 2. The minimum absolute atomic E-state index is 0.215. The van der Waals surface area contributed by atoms with Gasteiger partial charge in [-0.3, -0.25) is 0 Å². The van der Waals surface area contributed by atoms with Gasteiger partial charge in [0.25, 0.3) is 0 Å².